The molecule has 6 nitrogen and oxygen atoms in total. The second kappa shape index (κ2) is 10.9. The van der Waals surface area contributed by atoms with Crippen LogP contribution < -0.4 is 16.0 Å². The van der Waals surface area contributed by atoms with Gasteiger partial charge in [-0.05, 0) is 89.5 Å². The maximum absolute atomic E-state index is 15.7. The minimum Gasteiger partial charge on any atom is -0.299 e. The molecular formula is C24H43F3N4O2S. The van der Waals surface area contributed by atoms with E-state index in [-0.39, 0.29) is 17.5 Å². The Morgan fingerprint density at radius 2 is 1.68 bits per heavy atom. The summed E-state index contributed by atoms with van der Waals surface area (Å²) in [5.74, 6) is -2.40. The standard InChI is InChI=1S/C24H43F3N4O2S/c1-24(26,27)18-9-7-17(8-10-18)20-4-3-13-31(20)23-21(25)22(29-15-30-23)28-14-16-5-11-19(12-6-16)34(2,32)33/h16-23,28-30H,3-15H2,1-2H3/t16?,17?,18?,19?,20-,21?,22?,23?/m1/s1. The lowest BCUT2D eigenvalue weighted by Gasteiger charge is -2.45. The average Bonchev–Trinajstić information content (AvgIpc) is 3.27. The van der Waals surface area contributed by atoms with Crippen LogP contribution in [0.4, 0.5) is 13.2 Å². The number of sulfone groups is 1. The number of alkyl halides is 3. The normalized spacial score (nSPS) is 41.0. The molecular weight excluding hydrogens is 465 g/mol. The molecule has 4 aliphatic rings. The molecule has 4 fully saturated rings. The van der Waals surface area contributed by atoms with Crippen molar-refractivity contribution in [3.8, 4) is 0 Å². The highest BCUT2D eigenvalue weighted by Gasteiger charge is 2.45. The summed E-state index contributed by atoms with van der Waals surface area (Å²) in [5.41, 5.74) is 0. The molecule has 0 amide bonds. The highest BCUT2D eigenvalue weighted by Crippen LogP contribution is 2.42. The van der Waals surface area contributed by atoms with E-state index in [1.165, 1.54) is 6.26 Å². The van der Waals surface area contributed by atoms with E-state index in [4.69, 9.17) is 0 Å². The van der Waals surface area contributed by atoms with Gasteiger partial charge in [0.05, 0.1) is 17.6 Å². The van der Waals surface area contributed by atoms with E-state index in [9.17, 15) is 17.2 Å². The molecule has 2 heterocycles. The Morgan fingerprint density at radius 1 is 1.00 bits per heavy atom. The molecule has 3 unspecified atom stereocenters. The van der Waals surface area contributed by atoms with Crippen molar-refractivity contribution in [2.45, 2.75) is 107 Å². The van der Waals surface area contributed by atoms with E-state index in [1.54, 1.807) is 0 Å². The molecule has 2 saturated heterocycles. The van der Waals surface area contributed by atoms with Gasteiger partial charge in [-0.2, -0.15) is 0 Å². The van der Waals surface area contributed by atoms with Gasteiger partial charge in [0.25, 0.3) is 0 Å². The van der Waals surface area contributed by atoms with E-state index in [0.29, 0.717) is 50.7 Å². The number of rotatable bonds is 7. The van der Waals surface area contributed by atoms with Gasteiger partial charge in [-0.25, -0.2) is 21.6 Å². The molecule has 4 atom stereocenters. The summed E-state index contributed by atoms with van der Waals surface area (Å²) in [4.78, 5) is 2.27. The summed E-state index contributed by atoms with van der Waals surface area (Å²) in [6.45, 7) is 3.08. The van der Waals surface area contributed by atoms with Crippen LogP contribution in [0.15, 0.2) is 0 Å². The fourth-order valence-corrected chi connectivity index (χ4v) is 8.03. The first-order valence-corrected chi connectivity index (χ1v) is 15.2. The fourth-order valence-electron chi connectivity index (χ4n) is 6.90. The van der Waals surface area contributed by atoms with Crippen molar-refractivity contribution in [3.05, 3.63) is 0 Å². The summed E-state index contributed by atoms with van der Waals surface area (Å²) < 4.78 is 66.7. The van der Waals surface area contributed by atoms with Gasteiger partial charge in [-0.15, -0.1) is 0 Å². The third-order valence-corrected chi connectivity index (χ3v) is 10.7. The minimum atomic E-state index is -2.98. The zero-order chi connectivity index (χ0) is 24.5. The van der Waals surface area contributed by atoms with E-state index in [2.05, 4.69) is 20.9 Å². The first-order valence-electron chi connectivity index (χ1n) is 13.2. The number of hydrogen-bond acceptors (Lipinski definition) is 6. The molecule has 2 aliphatic heterocycles. The molecule has 34 heavy (non-hydrogen) atoms. The molecule has 2 aliphatic carbocycles. The van der Waals surface area contributed by atoms with Gasteiger partial charge >= 0.3 is 0 Å². The largest absolute Gasteiger partial charge is 0.299 e. The summed E-state index contributed by atoms with van der Waals surface area (Å²) in [6, 6.07) is 0.257. The molecule has 10 heteroatoms. The Balaban J connectivity index is 1.28. The summed E-state index contributed by atoms with van der Waals surface area (Å²) in [6.07, 6.45) is 7.20. The van der Waals surface area contributed by atoms with Crippen molar-refractivity contribution in [2.24, 2.45) is 17.8 Å². The quantitative estimate of drug-likeness (QED) is 0.490. The van der Waals surface area contributed by atoms with Crippen LogP contribution in [0.3, 0.4) is 0 Å². The highest BCUT2D eigenvalue weighted by atomic mass is 32.2. The van der Waals surface area contributed by atoms with Gasteiger partial charge < -0.3 is 0 Å². The number of nitrogens with one attached hydrogen (secondary N) is 3. The lowest BCUT2D eigenvalue weighted by atomic mass is 9.75. The van der Waals surface area contributed by atoms with Crippen molar-refractivity contribution in [3.63, 3.8) is 0 Å². The maximum atomic E-state index is 15.7. The van der Waals surface area contributed by atoms with Gasteiger partial charge in [-0.3, -0.25) is 20.9 Å². The van der Waals surface area contributed by atoms with Crippen LogP contribution in [-0.2, 0) is 9.84 Å². The molecule has 0 spiro atoms. The number of likely N-dealkylation sites (tertiary alicyclic amines) is 1. The van der Waals surface area contributed by atoms with Crippen molar-refractivity contribution in [1.82, 2.24) is 20.9 Å². The Hall–Kier alpha value is -0.420. The molecule has 3 N–H and O–H groups in total. The van der Waals surface area contributed by atoms with Crippen molar-refractivity contribution in [1.29, 1.82) is 0 Å². The molecule has 4 rings (SSSR count). The van der Waals surface area contributed by atoms with Gasteiger partial charge in [0.1, 0.15) is 9.84 Å². The monoisotopic (exact) mass is 508 g/mol. The van der Waals surface area contributed by atoms with Gasteiger partial charge in [-0.1, -0.05) is 0 Å². The Kier molecular flexibility index (Phi) is 8.55. The lowest BCUT2D eigenvalue weighted by Crippen LogP contribution is -2.69. The van der Waals surface area contributed by atoms with Gasteiger partial charge in [0, 0.05) is 31.4 Å². The van der Waals surface area contributed by atoms with Crippen molar-refractivity contribution >= 4 is 9.84 Å². The SMILES string of the molecule is CC(F)(F)C1CCC([C@H]2CCCN2C2NCNC(NCC3CCC(S(C)(=O)=O)CC3)C2F)CC1. The maximum Gasteiger partial charge on any atom is 0.248 e. The van der Waals surface area contributed by atoms with Crippen LogP contribution in [0.5, 0.6) is 0 Å². The Morgan fingerprint density at radius 3 is 2.29 bits per heavy atom. The van der Waals surface area contributed by atoms with Gasteiger partial charge in [0.2, 0.25) is 5.92 Å². The third-order valence-electron chi connectivity index (χ3n) is 9.01. The zero-order valence-electron chi connectivity index (χ0n) is 20.6. The number of hydrogen-bond donors (Lipinski definition) is 3. The predicted octanol–water partition coefficient (Wildman–Crippen LogP) is 3.25. The molecule has 0 aromatic rings. The van der Waals surface area contributed by atoms with E-state index in [1.807, 2.05) is 0 Å². The molecule has 0 radical (unpaired) electrons. The second-order valence-electron chi connectivity index (χ2n) is 11.3. The lowest BCUT2D eigenvalue weighted by molar-refractivity contribution is -0.0653. The second-order valence-corrected chi connectivity index (χ2v) is 13.7. The minimum absolute atomic E-state index is 0.232. The smallest absolute Gasteiger partial charge is 0.248 e. The molecule has 2 saturated carbocycles. The van der Waals surface area contributed by atoms with Crippen molar-refractivity contribution in [2.75, 3.05) is 26.0 Å². The first-order chi connectivity index (χ1) is 16.0. The van der Waals surface area contributed by atoms with Crippen LogP contribution in [0.2, 0.25) is 0 Å². The first kappa shape index (κ1) is 26.6. The molecule has 198 valence electrons. The fraction of sp³-hybridized carbons (Fsp3) is 1.00. The van der Waals surface area contributed by atoms with Crippen LogP contribution >= 0.6 is 0 Å². The van der Waals surface area contributed by atoms with E-state index >= 15 is 4.39 Å². The summed E-state index contributed by atoms with van der Waals surface area (Å²) >= 11 is 0. The summed E-state index contributed by atoms with van der Waals surface area (Å²) in [5, 5.41) is 9.67. The van der Waals surface area contributed by atoms with Crippen LogP contribution in [0.1, 0.15) is 71.1 Å². The molecule has 0 aromatic carbocycles. The topological polar surface area (TPSA) is 73.5 Å². The molecule has 0 aromatic heterocycles. The summed E-state index contributed by atoms with van der Waals surface area (Å²) in [7, 11) is -2.98. The number of halogens is 3. The predicted molar refractivity (Wildman–Crippen MR) is 128 cm³/mol. The Labute approximate surface area is 203 Å². The van der Waals surface area contributed by atoms with Crippen LogP contribution in [-0.4, -0.2) is 75.0 Å². The number of nitrogens with zero attached hydrogens (tertiary/aromatic N) is 1. The molecule has 0 bridgehead atoms. The Bertz CT molecular complexity index is 765. The average molecular weight is 509 g/mol. The third kappa shape index (κ3) is 6.28. The zero-order valence-corrected chi connectivity index (χ0v) is 21.4. The van der Waals surface area contributed by atoms with Crippen LogP contribution in [0.25, 0.3) is 0 Å². The highest BCUT2D eigenvalue weighted by molar-refractivity contribution is 7.91. The van der Waals surface area contributed by atoms with Crippen molar-refractivity contribution < 1.29 is 21.6 Å². The van der Waals surface area contributed by atoms with Crippen LogP contribution in [0, 0.1) is 17.8 Å². The van der Waals surface area contributed by atoms with E-state index < -0.39 is 34.0 Å². The van der Waals surface area contributed by atoms with E-state index in [0.717, 1.165) is 52.0 Å². The van der Waals surface area contributed by atoms with Gasteiger partial charge in [0.15, 0.2) is 6.17 Å².